The second-order valence-corrected chi connectivity index (χ2v) is 8.01. The van der Waals surface area contributed by atoms with Crippen LogP contribution in [0.4, 0.5) is 0 Å². The van der Waals surface area contributed by atoms with E-state index in [1.165, 1.54) is 55.8 Å². The molecule has 0 aromatic heterocycles. The summed E-state index contributed by atoms with van der Waals surface area (Å²) in [6.07, 6.45) is 7.55. The predicted octanol–water partition coefficient (Wildman–Crippen LogP) is 2.26. The summed E-state index contributed by atoms with van der Waals surface area (Å²) in [6.45, 7) is 1.45. The number of thioether (sulfide) groups is 2. The Morgan fingerprint density at radius 3 is 2.58 bits per heavy atom. The van der Waals surface area contributed by atoms with Gasteiger partial charge in [-0.05, 0) is 12.8 Å². The van der Waals surface area contributed by atoms with Gasteiger partial charge < -0.3 is 10.6 Å². The van der Waals surface area contributed by atoms with Crippen molar-refractivity contribution in [3.63, 3.8) is 0 Å². The van der Waals surface area contributed by atoms with Crippen LogP contribution in [0, 0.1) is 0 Å². The first-order chi connectivity index (χ1) is 9.34. The molecule has 1 aliphatic heterocycles. The third-order valence-electron chi connectivity index (χ3n) is 3.76. The maximum atomic E-state index is 11.9. The highest BCUT2D eigenvalue weighted by molar-refractivity contribution is 8.06. The van der Waals surface area contributed by atoms with E-state index in [4.69, 9.17) is 0 Å². The van der Waals surface area contributed by atoms with Crippen LogP contribution >= 0.6 is 23.5 Å². The number of hydrogen-bond acceptors (Lipinski definition) is 4. The van der Waals surface area contributed by atoms with Crippen molar-refractivity contribution in [2.75, 3.05) is 30.3 Å². The van der Waals surface area contributed by atoms with E-state index in [9.17, 15) is 4.79 Å². The molecule has 1 heterocycles. The normalized spacial score (nSPS) is 25.8. The van der Waals surface area contributed by atoms with E-state index in [1.807, 2.05) is 23.5 Å². The van der Waals surface area contributed by atoms with Gasteiger partial charge in [0.1, 0.15) is 0 Å². The number of nitrogens with one attached hydrogen (secondary N) is 2. The van der Waals surface area contributed by atoms with Gasteiger partial charge >= 0.3 is 0 Å². The Labute approximate surface area is 125 Å². The van der Waals surface area contributed by atoms with Gasteiger partial charge in [-0.15, -0.1) is 0 Å². The molecule has 0 aromatic rings. The predicted molar refractivity (Wildman–Crippen MR) is 86.1 cm³/mol. The topological polar surface area (TPSA) is 41.1 Å². The average molecular weight is 303 g/mol. The molecule has 0 aromatic carbocycles. The zero-order valence-electron chi connectivity index (χ0n) is 11.7. The minimum atomic E-state index is 0.181. The Morgan fingerprint density at radius 2 is 1.89 bits per heavy atom. The molecule has 2 fully saturated rings. The van der Waals surface area contributed by atoms with Gasteiger partial charge in [-0.1, -0.05) is 25.7 Å². The number of rotatable bonds is 5. The third kappa shape index (κ3) is 6.41. The molecule has 1 unspecified atom stereocenters. The molecule has 2 rings (SSSR count). The fourth-order valence-corrected chi connectivity index (χ4v) is 5.35. The molecule has 1 saturated carbocycles. The Balaban J connectivity index is 1.55. The zero-order chi connectivity index (χ0) is 13.3. The molecule has 5 heteroatoms. The van der Waals surface area contributed by atoms with Crippen LogP contribution < -0.4 is 10.6 Å². The first-order valence-electron chi connectivity index (χ1n) is 7.54. The number of hydrogen-bond donors (Lipinski definition) is 2. The number of carbonyl (C=O) groups excluding carboxylic acids is 1. The quantitative estimate of drug-likeness (QED) is 0.765. The maximum Gasteiger partial charge on any atom is 0.234 e. The van der Waals surface area contributed by atoms with Gasteiger partial charge in [0, 0.05) is 35.1 Å². The summed E-state index contributed by atoms with van der Waals surface area (Å²) in [5.41, 5.74) is 0. The molecule has 3 nitrogen and oxygen atoms in total. The van der Waals surface area contributed by atoms with E-state index >= 15 is 0 Å². The lowest BCUT2D eigenvalue weighted by Crippen LogP contribution is -2.42. The maximum absolute atomic E-state index is 11.9. The molecular weight excluding hydrogens is 276 g/mol. The van der Waals surface area contributed by atoms with Crippen molar-refractivity contribution < 1.29 is 4.79 Å². The van der Waals surface area contributed by atoms with Gasteiger partial charge in [0.05, 0.1) is 6.54 Å². The van der Waals surface area contributed by atoms with Gasteiger partial charge in [0.25, 0.3) is 0 Å². The van der Waals surface area contributed by atoms with E-state index in [2.05, 4.69) is 10.6 Å². The molecule has 2 aliphatic rings. The molecule has 0 spiro atoms. The molecule has 1 atom stereocenters. The van der Waals surface area contributed by atoms with Crippen LogP contribution in [0.3, 0.4) is 0 Å². The van der Waals surface area contributed by atoms with Crippen LogP contribution in [0.15, 0.2) is 0 Å². The van der Waals surface area contributed by atoms with Gasteiger partial charge in [0.15, 0.2) is 0 Å². The molecule has 110 valence electrons. The molecular formula is C14H26N2OS2. The van der Waals surface area contributed by atoms with Crippen molar-refractivity contribution in [3.8, 4) is 0 Å². The van der Waals surface area contributed by atoms with Gasteiger partial charge in [0.2, 0.25) is 5.91 Å². The molecule has 1 amide bonds. The lowest BCUT2D eigenvalue weighted by Gasteiger charge is -2.21. The minimum Gasteiger partial charge on any atom is -0.352 e. The van der Waals surface area contributed by atoms with Gasteiger partial charge in [-0.25, -0.2) is 0 Å². The molecule has 0 bridgehead atoms. The highest BCUT2D eigenvalue weighted by Gasteiger charge is 2.16. The fourth-order valence-electron chi connectivity index (χ4n) is 2.70. The summed E-state index contributed by atoms with van der Waals surface area (Å²) in [6, 6.07) is 0.427. The minimum absolute atomic E-state index is 0.181. The lowest BCUT2D eigenvalue weighted by atomic mass is 10.1. The first kappa shape index (κ1) is 15.5. The largest absolute Gasteiger partial charge is 0.352 e. The van der Waals surface area contributed by atoms with Crippen molar-refractivity contribution in [3.05, 3.63) is 0 Å². The summed E-state index contributed by atoms with van der Waals surface area (Å²) >= 11 is 4.07. The number of amides is 1. The van der Waals surface area contributed by atoms with Crippen LogP contribution in [0.5, 0.6) is 0 Å². The van der Waals surface area contributed by atoms with Crippen LogP contribution in [-0.2, 0) is 4.79 Å². The first-order valence-corrected chi connectivity index (χ1v) is 9.74. The van der Waals surface area contributed by atoms with E-state index in [-0.39, 0.29) is 5.91 Å². The van der Waals surface area contributed by atoms with Crippen LogP contribution in [0.25, 0.3) is 0 Å². The molecule has 0 radical (unpaired) electrons. The Bertz CT molecular complexity index is 262. The highest BCUT2D eigenvalue weighted by Crippen LogP contribution is 2.23. The van der Waals surface area contributed by atoms with Crippen LogP contribution in [-0.4, -0.2) is 47.5 Å². The molecule has 1 saturated heterocycles. The standard InChI is InChI=1S/C14H26N2OS2/c17-14(16-12-5-3-1-2-4-6-12)10-15-9-13-11-18-7-8-19-13/h12-13,15H,1-11H2,(H,16,17). The smallest absolute Gasteiger partial charge is 0.234 e. The summed E-state index contributed by atoms with van der Waals surface area (Å²) in [5.74, 6) is 3.94. The summed E-state index contributed by atoms with van der Waals surface area (Å²) < 4.78 is 0. The lowest BCUT2D eigenvalue weighted by molar-refractivity contribution is -0.121. The summed E-state index contributed by atoms with van der Waals surface area (Å²) in [4.78, 5) is 11.9. The Kier molecular flexibility index (Phi) is 7.46. The van der Waals surface area contributed by atoms with E-state index < -0.39 is 0 Å². The number of carbonyl (C=O) groups is 1. The molecule has 2 N–H and O–H groups in total. The third-order valence-corrected chi connectivity index (χ3v) is 6.61. The summed E-state index contributed by atoms with van der Waals surface area (Å²) in [7, 11) is 0. The average Bonchev–Trinajstić information content (AvgIpc) is 2.68. The van der Waals surface area contributed by atoms with Crippen molar-refractivity contribution >= 4 is 29.4 Å². The monoisotopic (exact) mass is 302 g/mol. The van der Waals surface area contributed by atoms with E-state index in [1.54, 1.807) is 0 Å². The zero-order valence-corrected chi connectivity index (χ0v) is 13.3. The SMILES string of the molecule is O=C(CNCC1CSCCS1)NC1CCCCCC1. The van der Waals surface area contributed by atoms with Gasteiger partial charge in [-0.2, -0.15) is 23.5 Å². The second kappa shape index (κ2) is 9.14. The van der Waals surface area contributed by atoms with E-state index in [0.29, 0.717) is 17.8 Å². The van der Waals surface area contributed by atoms with Crippen molar-refractivity contribution in [1.82, 2.24) is 10.6 Å². The fraction of sp³-hybridized carbons (Fsp3) is 0.929. The van der Waals surface area contributed by atoms with Crippen molar-refractivity contribution in [1.29, 1.82) is 0 Å². The molecule has 1 aliphatic carbocycles. The van der Waals surface area contributed by atoms with E-state index in [0.717, 1.165) is 6.54 Å². The Morgan fingerprint density at radius 1 is 1.11 bits per heavy atom. The summed E-state index contributed by atoms with van der Waals surface area (Å²) in [5, 5.41) is 7.18. The van der Waals surface area contributed by atoms with Crippen molar-refractivity contribution in [2.24, 2.45) is 0 Å². The Hall–Kier alpha value is 0.130. The van der Waals surface area contributed by atoms with Crippen molar-refractivity contribution in [2.45, 2.75) is 49.8 Å². The van der Waals surface area contributed by atoms with Crippen LogP contribution in [0.1, 0.15) is 38.5 Å². The van der Waals surface area contributed by atoms with Gasteiger partial charge in [-0.3, -0.25) is 4.79 Å². The highest BCUT2D eigenvalue weighted by atomic mass is 32.2. The van der Waals surface area contributed by atoms with Crippen LogP contribution in [0.2, 0.25) is 0 Å². The molecule has 19 heavy (non-hydrogen) atoms. The second-order valence-electron chi connectivity index (χ2n) is 5.45.